The molecule has 0 atom stereocenters. The van der Waals surface area contributed by atoms with Crippen molar-refractivity contribution in [3.63, 3.8) is 0 Å². The molecule has 1 aliphatic heterocycles. The summed E-state index contributed by atoms with van der Waals surface area (Å²) in [5, 5.41) is 0. The predicted molar refractivity (Wildman–Crippen MR) is 169 cm³/mol. The fourth-order valence-electron chi connectivity index (χ4n) is 6.30. The van der Waals surface area contributed by atoms with Crippen molar-refractivity contribution in [2.75, 3.05) is 0 Å². The SMILES string of the molecule is Cc1ccc(-c2ccccc2)cc1-c1cc(-c2cccc3c2-c2ccccc2B3c2ccccc2)ccc1C. The molecular weight excluding hydrogens is 467 g/mol. The minimum absolute atomic E-state index is 0.257. The summed E-state index contributed by atoms with van der Waals surface area (Å²) < 4.78 is 0. The van der Waals surface area contributed by atoms with Gasteiger partial charge in [-0.25, -0.2) is 0 Å². The second kappa shape index (κ2) is 9.60. The second-order valence-corrected chi connectivity index (χ2v) is 10.6. The van der Waals surface area contributed by atoms with Gasteiger partial charge in [-0.05, 0) is 81.6 Å². The summed E-state index contributed by atoms with van der Waals surface area (Å²) in [6.45, 7) is 4.70. The zero-order chi connectivity index (χ0) is 26.3. The van der Waals surface area contributed by atoms with E-state index in [2.05, 4.69) is 153 Å². The molecule has 0 saturated carbocycles. The average molecular weight is 496 g/mol. The Morgan fingerprint density at radius 2 is 0.949 bits per heavy atom. The lowest BCUT2D eigenvalue weighted by atomic mass is 9.39. The normalized spacial score (nSPS) is 11.8. The standard InChI is InChI=1S/C38H29B/c1-26-20-22-29(28-12-5-3-6-13-28)24-34(26)35-25-30(23-21-27(35)2)32-17-11-19-37-38(32)33-16-9-10-18-36(33)39(37)31-14-7-4-8-15-31/h3-25H,1-2H3. The number of hydrogen-bond acceptors (Lipinski definition) is 0. The van der Waals surface area contributed by atoms with Gasteiger partial charge in [-0.3, -0.25) is 0 Å². The first-order valence-corrected chi connectivity index (χ1v) is 13.7. The van der Waals surface area contributed by atoms with E-state index in [1.165, 1.54) is 72.0 Å². The average Bonchev–Trinajstić information content (AvgIpc) is 3.33. The van der Waals surface area contributed by atoms with Gasteiger partial charge in [0.05, 0.1) is 0 Å². The molecule has 0 N–H and O–H groups in total. The summed E-state index contributed by atoms with van der Waals surface area (Å²) >= 11 is 0. The summed E-state index contributed by atoms with van der Waals surface area (Å²) in [6.07, 6.45) is 0. The molecule has 7 rings (SSSR count). The van der Waals surface area contributed by atoms with E-state index >= 15 is 0 Å². The van der Waals surface area contributed by atoms with E-state index in [-0.39, 0.29) is 6.71 Å². The van der Waals surface area contributed by atoms with Crippen molar-refractivity contribution < 1.29 is 0 Å². The highest BCUT2D eigenvalue weighted by molar-refractivity contribution is 6.99. The highest BCUT2D eigenvalue weighted by atomic mass is 14.2. The maximum Gasteiger partial charge on any atom is 0.242 e. The summed E-state index contributed by atoms with van der Waals surface area (Å²) in [6, 6.07) is 51.2. The lowest BCUT2D eigenvalue weighted by molar-refractivity contribution is 1.40. The molecule has 0 fully saturated rings. The van der Waals surface area contributed by atoms with Crippen molar-refractivity contribution >= 4 is 23.1 Å². The molecule has 1 heteroatoms. The van der Waals surface area contributed by atoms with Gasteiger partial charge in [-0.2, -0.15) is 0 Å². The Labute approximate surface area is 231 Å². The van der Waals surface area contributed by atoms with Gasteiger partial charge in [-0.1, -0.05) is 144 Å². The van der Waals surface area contributed by atoms with Crippen molar-refractivity contribution in [2.45, 2.75) is 13.8 Å². The van der Waals surface area contributed by atoms with Crippen LogP contribution in [-0.2, 0) is 0 Å². The fraction of sp³-hybridized carbons (Fsp3) is 0.0526. The van der Waals surface area contributed by atoms with Crippen molar-refractivity contribution in [1.82, 2.24) is 0 Å². The lowest BCUT2D eigenvalue weighted by Crippen LogP contribution is -2.48. The van der Waals surface area contributed by atoms with Crippen LogP contribution >= 0.6 is 0 Å². The highest BCUT2D eigenvalue weighted by Crippen LogP contribution is 2.38. The number of rotatable bonds is 4. The molecule has 0 aliphatic carbocycles. The Morgan fingerprint density at radius 1 is 0.385 bits per heavy atom. The third-order valence-electron chi connectivity index (χ3n) is 8.27. The zero-order valence-corrected chi connectivity index (χ0v) is 22.4. The number of benzene rings is 6. The number of aryl methyl sites for hydroxylation is 2. The molecule has 1 heterocycles. The van der Waals surface area contributed by atoms with Gasteiger partial charge in [0.25, 0.3) is 0 Å². The molecule has 0 amide bonds. The molecule has 0 unspecified atom stereocenters. The van der Waals surface area contributed by atoms with Crippen LogP contribution in [0, 0.1) is 13.8 Å². The van der Waals surface area contributed by atoms with E-state index in [0.717, 1.165) is 0 Å². The van der Waals surface area contributed by atoms with Crippen molar-refractivity contribution in [3.05, 3.63) is 151 Å². The van der Waals surface area contributed by atoms with Gasteiger partial charge in [0, 0.05) is 0 Å². The molecule has 1 aliphatic rings. The van der Waals surface area contributed by atoms with Crippen molar-refractivity contribution in [3.8, 4) is 44.5 Å². The van der Waals surface area contributed by atoms with Crippen molar-refractivity contribution in [2.24, 2.45) is 0 Å². The van der Waals surface area contributed by atoms with Gasteiger partial charge >= 0.3 is 0 Å². The Balaban J connectivity index is 1.40. The highest BCUT2D eigenvalue weighted by Gasteiger charge is 2.34. The fourth-order valence-corrected chi connectivity index (χ4v) is 6.30. The molecular formula is C38H29B. The molecule has 0 nitrogen and oxygen atoms in total. The topological polar surface area (TPSA) is 0 Å². The molecule has 0 spiro atoms. The van der Waals surface area contributed by atoms with Crippen LogP contribution in [0.5, 0.6) is 0 Å². The Morgan fingerprint density at radius 3 is 1.69 bits per heavy atom. The monoisotopic (exact) mass is 496 g/mol. The minimum Gasteiger partial charge on any atom is -0.0686 e. The van der Waals surface area contributed by atoms with E-state index < -0.39 is 0 Å². The zero-order valence-electron chi connectivity index (χ0n) is 22.4. The van der Waals surface area contributed by atoms with Gasteiger partial charge in [0.1, 0.15) is 0 Å². The molecule has 39 heavy (non-hydrogen) atoms. The Hall–Kier alpha value is -4.62. The number of hydrogen-bond donors (Lipinski definition) is 0. The second-order valence-electron chi connectivity index (χ2n) is 10.6. The van der Waals surface area contributed by atoms with Gasteiger partial charge in [0.2, 0.25) is 6.71 Å². The largest absolute Gasteiger partial charge is 0.242 e. The van der Waals surface area contributed by atoms with Gasteiger partial charge in [-0.15, -0.1) is 0 Å². The summed E-state index contributed by atoms with van der Waals surface area (Å²) in [7, 11) is 0. The molecule has 184 valence electrons. The van der Waals surface area contributed by atoms with Gasteiger partial charge < -0.3 is 0 Å². The molecule has 0 radical (unpaired) electrons. The van der Waals surface area contributed by atoms with E-state index in [1.807, 2.05) is 0 Å². The predicted octanol–water partition coefficient (Wildman–Crippen LogP) is 7.80. The molecule has 6 aromatic carbocycles. The molecule has 0 bridgehead atoms. The quantitative estimate of drug-likeness (QED) is 0.218. The van der Waals surface area contributed by atoms with E-state index in [1.54, 1.807) is 0 Å². The van der Waals surface area contributed by atoms with Crippen LogP contribution in [0.1, 0.15) is 11.1 Å². The van der Waals surface area contributed by atoms with Crippen molar-refractivity contribution in [1.29, 1.82) is 0 Å². The Bertz CT molecular complexity index is 1820. The minimum atomic E-state index is 0.257. The van der Waals surface area contributed by atoms with Gasteiger partial charge in [0.15, 0.2) is 0 Å². The van der Waals surface area contributed by atoms with E-state index in [0.29, 0.717) is 0 Å². The third-order valence-corrected chi connectivity index (χ3v) is 8.27. The maximum atomic E-state index is 2.40. The molecule has 0 aromatic heterocycles. The first kappa shape index (κ1) is 23.5. The molecule has 6 aromatic rings. The van der Waals surface area contributed by atoms with Crippen LogP contribution in [0.4, 0.5) is 0 Å². The first-order valence-electron chi connectivity index (χ1n) is 13.7. The third kappa shape index (κ3) is 4.03. The molecule has 0 saturated heterocycles. The summed E-state index contributed by atoms with van der Waals surface area (Å²) in [5.74, 6) is 0. The Kier molecular flexibility index (Phi) is 5.79. The smallest absolute Gasteiger partial charge is 0.0686 e. The van der Waals surface area contributed by atoms with Crippen LogP contribution in [-0.4, -0.2) is 6.71 Å². The van der Waals surface area contributed by atoms with Crippen LogP contribution in [0.3, 0.4) is 0 Å². The first-order chi connectivity index (χ1) is 19.2. The summed E-state index contributed by atoms with van der Waals surface area (Å²) in [5.41, 5.74) is 17.1. The van der Waals surface area contributed by atoms with E-state index in [4.69, 9.17) is 0 Å². The maximum absolute atomic E-state index is 2.40. The number of fused-ring (bicyclic) bond motifs is 3. The van der Waals surface area contributed by atoms with Crippen LogP contribution in [0.15, 0.2) is 140 Å². The van der Waals surface area contributed by atoms with E-state index in [9.17, 15) is 0 Å². The lowest BCUT2D eigenvalue weighted by Gasteiger charge is -2.16. The van der Waals surface area contributed by atoms with Crippen LogP contribution < -0.4 is 16.4 Å². The van der Waals surface area contributed by atoms with Crippen LogP contribution in [0.2, 0.25) is 0 Å². The summed E-state index contributed by atoms with van der Waals surface area (Å²) in [4.78, 5) is 0. The van der Waals surface area contributed by atoms with Crippen LogP contribution in [0.25, 0.3) is 44.5 Å².